The minimum absolute atomic E-state index is 0.0818. The molecular weight excluding hydrogens is 282 g/mol. The molecular formula is C16H23N3O3. The summed E-state index contributed by atoms with van der Waals surface area (Å²) in [5.74, 6) is -0.0818. The first kappa shape index (κ1) is 15.4. The van der Waals surface area contributed by atoms with E-state index in [-0.39, 0.29) is 5.91 Å². The number of hydrogen-bond donors (Lipinski definition) is 2. The van der Waals surface area contributed by atoms with Gasteiger partial charge >= 0.3 is 0 Å². The summed E-state index contributed by atoms with van der Waals surface area (Å²) in [4.78, 5) is 14.6. The molecule has 1 unspecified atom stereocenters. The molecule has 2 saturated heterocycles. The summed E-state index contributed by atoms with van der Waals surface area (Å²) in [5, 5.41) is 6.18. The molecule has 22 heavy (non-hydrogen) atoms. The van der Waals surface area contributed by atoms with Gasteiger partial charge in [0.15, 0.2) is 0 Å². The van der Waals surface area contributed by atoms with Crippen LogP contribution in [0.25, 0.3) is 0 Å². The highest BCUT2D eigenvalue weighted by atomic mass is 16.5. The molecule has 0 radical (unpaired) electrons. The van der Waals surface area contributed by atoms with Crippen molar-refractivity contribution in [3.8, 4) is 0 Å². The Morgan fingerprint density at radius 3 is 2.86 bits per heavy atom. The summed E-state index contributed by atoms with van der Waals surface area (Å²) in [6.45, 7) is 6.17. The van der Waals surface area contributed by atoms with Gasteiger partial charge in [0.1, 0.15) is 6.10 Å². The molecule has 3 rings (SSSR count). The maximum Gasteiger partial charge on any atom is 0.254 e. The largest absolute Gasteiger partial charge is 0.379 e. The minimum atomic E-state index is -0.412. The minimum Gasteiger partial charge on any atom is -0.379 e. The number of benzene rings is 1. The smallest absolute Gasteiger partial charge is 0.254 e. The fourth-order valence-corrected chi connectivity index (χ4v) is 2.73. The summed E-state index contributed by atoms with van der Waals surface area (Å²) in [7, 11) is 0. The molecule has 2 N–H and O–H groups in total. The second-order valence-corrected chi connectivity index (χ2v) is 5.60. The van der Waals surface area contributed by atoms with Crippen molar-refractivity contribution >= 4 is 11.6 Å². The van der Waals surface area contributed by atoms with E-state index >= 15 is 0 Å². The maximum absolute atomic E-state index is 12.3. The maximum atomic E-state index is 12.3. The van der Waals surface area contributed by atoms with Crippen LogP contribution in [-0.4, -0.2) is 62.9 Å². The molecule has 6 heteroatoms. The number of amides is 1. The van der Waals surface area contributed by atoms with Gasteiger partial charge in [0.25, 0.3) is 5.91 Å². The lowest BCUT2D eigenvalue weighted by atomic mass is 10.1. The first-order valence-electron chi connectivity index (χ1n) is 7.84. The Hall–Kier alpha value is -1.47. The third-order valence-electron chi connectivity index (χ3n) is 3.99. The number of hydrogen-bond acceptors (Lipinski definition) is 5. The molecule has 0 aliphatic carbocycles. The highest BCUT2D eigenvalue weighted by Crippen LogP contribution is 2.18. The molecule has 1 amide bonds. The van der Waals surface area contributed by atoms with E-state index in [1.807, 2.05) is 18.2 Å². The molecule has 1 aromatic rings. The van der Waals surface area contributed by atoms with Gasteiger partial charge in [-0.2, -0.15) is 0 Å². The lowest BCUT2D eigenvalue weighted by Crippen LogP contribution is -2.45. The zero-order valence-corrected chi connectivity index (χ0v) is 12.7. The highest BCUT2D eigenvalue weighted by molar-refractivity contribution is 5.95. The summed E-state index contributed by atoms with van der Waals surface area (Å²) in [6.07, 6.45) is -0.412. The average Bonchev–Trinajstić information content (AvgIpc) is 2.58. The van der Waals surface area contributed by atoms with E-state index in [9.17, 15) is 4.79 Å². The molecule has 0 spiro atoms. The van der Waals surface area contributed by atoms with E-state index in [1.54, 1.807) is 0 Å². The Labute approximate surface area is 130 Å². The van der Waals surface area contributed by atoms with Crippen LogP contribution >= 0.6 is 0 Å². The first-order chi connectivity index (χ1) is 10.8. The van der Waals surface area contributed by atoms with Crippen LogP contribution in [0, 0.1) is 0 Å². The van der Waals surface area contributed by atoms with Crippen LogP contribution in [-0.2, 0) is 20.8 Å². The van der Waals surface area contributed by atoms with Crippen LogP contribution in [0.15, 0.2) is 24.3 Å². The van der Waals surface area contributed by atoms with Gasteiger partial charge in [0.05, 0.1) is 19.8 Å². The number of carbonyl (C=O) groups is 1. The first-order valence-corrected chi connectivity index (χ1v) is 7.84. The number of carbonyl (C=O) groups excluding carboxylic acids is 1. The van der Waals surface area contributed by atoms with Gasteiger partial charge in [-0.1, -0.05) is 18.2 Å². The van der Waals surface area contributed by atoms with Crippen LogP contribution in [0.1, 0.15) is 5.56 Å². The Bertz CT molecular complexity index is 497. The van der Waals surface area contributed by atoms with Crippen LogP contribution in [0.2, 0.25) is 0 Å². The predicted octanol–water partition coefficient (Wildman–Crippen LogP) is 0.446. The van der Waals surface area contributed by atoms with E-state index in [0.29, 0.717) is 13.2 Å². The normalized spacial score (nSPS) is 23.2. The van der Waals surface area contributed by atoms with Gasteiger partial charge in [0, 0.05) is 38.4 Å². The van der Waals surface area contributed by atoms with E-state index in [2.05, 4.69) is 21.6 Å². The molecule has 6 nitrogen and oxygen atoms in total. The van der Waals surface area contributed by atoms with Gasteiger partial charge in [-0.25, -0.2) is 0 Å². The number of anilines is 1. The van der Waals surface area contributed by atoms with Crippen LogP contribution in [0.3, 0.4) is 0 Å². The summed E-state index contributed by atoms with van der Waals surface area (Å²) in [5.41, 5.74) is 2.00. The lowest BCUT2D eigenvalue weighted by molar-refractivity contribution is -0.128. The van der Waals surface area contributed by atoms with Gasteiger partial charge in [0.2, 0.25) is 0 Å². The topological polar surface area (TPSA) is 62.8 Å². The van der Waals surface area contributed by atoms with Crippen molar-refractivity contribution in [2.45, 2.75) is 12.6 Å². The number of morpholine rings is 2. The number of para-hydroxylation sites is 1. The van der Waals surface area contributed by atoms with Gasteiger partial charge in [-0.3, -0.25) is 9.69 Å². The van der Waals surface area contributed by atoms with Crippen molar-refractivity contribution in [2.24, 2.45) is 0 Å². The molecule has 120 valence electrons. The average molecular weight is 305 g/mol. The standard InChI is InChI=1S/C16H23N3O3/c20-16(15-11-17-5-8-22-15)18-14-4-2-1-3-13(14)12-19-6-9-21-10-7-19/h1-4,15,17H,5-12H2,(H,18,20). The quantitative estimate of drug-likeness (QED) is 0.845. The molecule has 0 bridgehead atoms. The van der Waals surface area contributed by atoms with Gasteiger partial charge in [-0.15, -0.1) is 0 Å². The van der Waals surface area contributed by atoms with E-state index < -0.39 is 6.10 Å². The summed E-state index contributed by atoms with van der Waals surface area (Å²) >= 11 is 0. The van der Waals surface area contributed by atoms with Crippen molar-refractivity contribution in [1.82, 2.24) is 10.2 Å². The Morgan fingerprint density at radius 1 is 1.27 bits per heavy atom. The van der Waals surface area contributed by atoms with E-state index in [1.165, 1.54) is 0 Å². The SMILES string of the molecule is O=C(Nc1ccccc1CN1CCOCC1)C1CNCCO1. The van der Waals surface area contributed by atoms with Crippen molar-refractivity contribution in [2.75, 3.05) is 51.3 Å². The highest BCUT2D eigenvalue weighted by Gasteiger charge is 2.22. The molecule has 2 aliphatic heterocycles. The summed E-state index contributed by atoms with van der Waals surface area (Å²) < 4.78 is 10.9. The third-order valence-corrected chi connectivity index (χ3v) is 3.99. The number of nitrogens with one attached hydrogen (secondary N) is 2. The molecule has 2 heterocycles. The van der Waals surface area contributed by atoms with Crippen molar-refractivity contribution in [1.29, 1.82) is 0 Å². The van der Waals surface area contributed by atoms with E-state index in [4.69, 9.17) is 9.47 Å². The Kier molecular flexibility index (Phi) is 5.39. The zero-order valence-electron chi connectivity index (χ0n) is 12.7. The van der Waals surface area contributed by atoms with Crippen LogP contribution in [0.4, 0.5) is 5.69 Å². The molecule has 0 saturated carbocycles. The molecule has 1 atom stereocenters. The van der Waals surface area contributed by atoms with E-state index in [0.717, 1.165) is 50.6 Å². The number of nitrogens with zero attached hydrogens (tertiary/aromatic N) is 1. The predicted molar refractivity (Wildman–Crippen MR) is 83.8 cm³/mol. The number of ether oxygens (including phenoxy) is 2. The zero-order chi connectivity index (χ0) is 15.2. The molecule has 0 aromatic heterocycles. The van der Waals surface area contributed by atoms with Crippen molar-refractivity contribution in [3.05, 3.63) is 29.8 Å². The molecule has 1 aromatic carbocycles. The van der Waals surface area contributed by atoms with Crippen LogP contribution < -0.4 is 10.6 Å². The Balaban J connectivity index is 1.63. The molecule has 2 aliphatic rings. The van der Waals surface area contributed by atoms with Gasteiger partial charge in [-0.05, 0) is 11.6 Å². The fraction of sp³-hybridized carbons (Fsp3) is 0.562. The monoisotopic (exact) mass is 305 g/mol. The fourth-order valence-electron chi connectivity index (χ4n) is 2.73. The second kappa shape index (κ2) is 7.69. The van der Waals surface area contributed by atoms with Crippen LogP contribution in [0.5, 0.6) is 0 Å². The molecule has 2 fully saturated rings. The lowest BCUT2D eigenvalue weighted by Gasteiger charge is -2.28. The van der Waals surface area contributed by atoms with Crippen molar-refractivity contribution < 1.29 is 14.3 Å². The summed E-state index contributed by atoms with van der Waals surface area (Å²) in [6, 6.07) is 7.96. The number of rotatable bonds is 4. The Morgan fingerprint density at radius 2 is 2.09 bits per heavy atom. The van der Waals surface area contributed by atoms with Gasteiger partial charge < -0.3 is 20.1 Å². The second-order valence-electron chi connectivity index (χ2n) is 5.60. The van der Waals surface area contributed by atoms with Crippen molar-refractivity contribution in [3.63, 3.8) is 0 Å². The third kappa shape index (κ3) is 4.04.